The second-order valence-corrected chi connectivity index (χ2v) is 3.56. The van der Waals surface area contributed by atoms with E-state index in [4.69, 9.17) is 0 Å². The van der Waals surface area contributed by atoms with E-state index in [0.717, 1.165) is 0 Å². The van der Waals surface area contributed by atoms with Crippen LogP contribution in [0.1, 0.15) is 6.92 Å². The lowest BCUT2D eigenvalue weighted by molar-refractivity contribution is -0.384. The Hall–Kier alpha value is -2.12. The maximum absolute atomic E-state index is 11.5. The fourth-order valence-corrected chi connectivity index (χ4v) is 1.21. The molecule has 1 aromatic heterocycles. The minimum Gasteiger partial charge on any atom is -0.354 e. The van der Waals surface area contributed by atoms with Gasteiger partial charge in [0.1, 0.15) is 6.20 Å². The smallest absolute Gasteiger partial charge is 0.330 e. The Bertz CT molecular complexity index is 428. The molecule has 0 aromatic carbocycles. The summed E-state index contributed by atoms with van der Waals surface area (Å²) in [6.45, 7) is 2.42. The number of carbonyl (C=O) groups excluding carboxylic acids is 1. The van der Waals surface area contributed by atoms with Gasteiger partial charge in [0.2, 0.25) is 11.7 Å². The number of anilines is 1. The summed E-state index contributed by atoms with van der Waals surface area (Å²) < 4.78 is 1.33. The second kappa shape index (κ2) is 5.28. The second-order valence-electron chi connectivity index (χ2n) is 3.56. The molecule has 0 saturated carbocycles. The van der Waals surface area contributed by atoms with Crippen molar-refractivity contribution in [1.29, 1.82) is 0 Å². The number of aromatic nitrogens is 2. The average molecular weight is 241 g/mol. The molecule has 0 atom stereocenters. The van der Waals surface area contributed by atoms with Crippen LogP contribution in [0.2, 0.25) is 0 Å². The van der Waals surface area contributed by atoms with E-state index in [9.17, 15) is 14.9 Å². The van der Waals surface area contributed by atoms with E-state index in [2.05, 4.69) is 10.4 Å². The van der Waals surface area contributed by atoms with Gasteiger partial charge in [0.25, 0.3) is 0 Å². The molecule has 94 valence electrons. The quantitative estimate of drug-likeness (QED) is 0.588. The Morgan fingerprint density at radius 3 is 2.88 bits per heavy atom. The lowest BCUT2D eigenvalue weighted by atomic mass is 10.4. The van der Waals surface area contributed by atoms with E-state index in [0.29, 0.717) is 6.54 Å². The van der Waals surface area contributed by atoms with E-state index >= 15 is 0 Å². The van der Waals surface area contributed by atoms with Crippen LogP contribution in [0.5, 0.6) is 0 Å². The Labute approximate surface area is 98.4 Å². The van der Waals surface area contributed by atoms with Gasteiger partial charge in [-0.1, -0.05) is 0 Å². The van der Waals surface area contributed by atoms with Gasteiger partial charge in [0, 0.05) is 20.6 Å². The zero-order chi connectivity index (χ0) is 13.0. The number of nitro groups is 1. The number of likely N-dealkylation sites (N-methyl/N-ethyl adjacent to an activating group) is 1. The van der Waals surface area contributed by atoms with Gasteiger partial charge < -0.3 is 10.2 Å². The normalized spacial score (nSPS) is 10.1. The van der Waals surface area contributed by atoms with Crippen LogP contribution in [-0.2, 0) is 11.8 Å². The van der Waals surface area contributed by atoms with E-state index in [-0.39, 0.29) is 24.0 Å². The summed E-state index contributed by atoms with van der Waals surface area (Å²) in [5, 5.41) is 17.2. The van der Waals surface area contributed by atoms with Crippen molar-refractivity contribution < 1.29 is 9.72 Å². The Morgan fingerprint density at radius 2 is 2.35 bits per heavy atom. The SMILES string of the molecule is CCN(C)C(=O)CNc1nn(C)cc1[N+](=O)[O-]. The van der Waals surface area contributed by atoms with Crippen LogP contribution in [0, 0.1) is 10.1 Å². The summed E-state index contributed by atoms with van der Waals surface area (Å²) in [5.74, 6) is -0.0391. The van der Waals surface area contributed by atoms with Gasteiger partial charge in [0.05, 0.1) is 11.5 Å². The summed E-state index contributed by atoms with van der Waals surface area (Å²) in [4.78, 5) is 23.2. The van der Waals surface area contributed by atoms with Crippen molar-refractivity contribution in [2.24, 2.45) is 7.05 Å². The maximum Gasteiger partial charge on any atom is 0.330 e. The molecular weight excluding hydrogens is 226 g/mol. The molecule has 0 saturated heterocycles. The van der Waals surface area contributed by atoms with Crippen molar-refractivity contribution in [3.05, 3.63) is 16.3 Å². The standard InChI is InChI=1S/C9H15N5O3/c1-4-12(2)8(15)5-10-9-7(14(16)17)6-13(3)11-9/h6H,4-5H2,1-3H3,(H,10,11). The molecule has 8 heteroatoms. The maximum atomic E-state index is 11.5. The molecule has 0 aliphatic carbocycles. The average Bonchev–Trinajstić information content (AvgIpc) is 2.66. The molecule has 8 nitrogen and oxygen atoms in total. The summed E-state index contributed by atoms with van der Waals surface area (Å²) in [6.07, 6.45) is 1.29. The van der Waals surface area contributed by atoms with Crippen molar-refractivity contribution in [3.63, 3.8) is 0 Å². The third-order valence-corrected chi connectivity index (χ3v) is 2.31. The first kappa shape index (κ1) is 12.9. The van der Waals surface area contributed by atoms with Gasteiger partial charge in [-0.2, -0.15) is 0 Å². The number of hydrogen-bond acceptors (Lipinski definition) is 5. The highest BCUT2D eigenvalue weighted by Gasteiger charge is 2.19. The van der Waals surface area contributed by atoms with Gasteiger partial charge >= 0.3 is 5.69 Å². The highest BCUT2D eigenvalue weighted by Crippen LogP contribution is 2.20. The molecule has 0 spiro atoms. The van der Waals surface area contributed by atoms with E-state index in [1.54, 1.807) is 14.1 Å². The molecule has 1 heterocycles. The zero-order valence-corrected chi connectivity index (χ0v) is 10.0. The number of rotatable bonds is 5. The fraction of sp³-hybridized carbons (Fsp3) is 0.556. The van der Waals surface area contributed by atoms with Crippen LogP contribution in [-0.4, -0.2) is 45.6 Å². The highest BCUT2D eigenvalue weighted by molar-refractivity contribution is 5.80. The molecule has 1 rings (SSSR count). The third kappa shape index (κ3) is 3.16. The van der Waals surface area contributed by atoms with Crippen LogP contribution in [0.25, 0.3) is 0 Å². The van der Waals surface area contributed by atoms with Crippen molar-refractivity contribution in [2.75, 3.05) is 25.5 Å². The third-order valence-electron chi connectivity index (χ3n) is 2.31. The fourth-order valence-electron chi connectivity index (χ4n) is 1.21. The predicted molar refractivity (Wildman–Crippen MR) is 61.7 cm³/mol. The molecule has 0 bridgehead atoms. The molecular formula is C9H15N5O3. The van der Waals surface area contributed by atoms with E-state index in [1.807, 2.05) is 6.92 Å². The molecule has 1 N–H and O–H groups in total. The minimum atomic E-state index is -0.538. The van der Waals surface area contributed by atoms with Crippen molar-refractivity contribution in [2.45, 2.75) is 6.92 Å². The van der Waals surface area contributed by atoms with Gasteiger partial charge in [-0.25, -0.2) is 0 Å². The summed E-state index contributed by atoms with van der Waals surface area (Å²) in [5.41, 5.74) is -0.139. The first-order valence-corrected chi connectivity index (χ1v) is 5.11. The summed E-state index contributed by atoms with van der Waals surface area (Å²) in [7, 11) is 3.25. The first-order chi connectivity index (χ1) is 7.95. The lowest BCUT2D eigenvalue weighted by Gasteiger charge is -2.14. The van der Waals surface area contributed by atoms with Crippen LogP contribution in [0.3, 0.4) is 0 Å². The van der Waals surface area contributed by atoms with Crippen molar-refractivity contribution >= 4 is 17.4 Å². The molecule has 0 fully saturated rings. The first-order valence-electron chi connectivity index (χ1n) is 5.11. The van der Waals surface area contributed by atoms with Crippen molar-refractivity contribution in [1.82, 2.24) is 14.7 Å². The Balaban J connectivity index is 2.69. The Kier molecular flexibility index (Phi) is 4.02. The Morgan fingerprint density at radius 1 is 1.71 bits per heavy atom. The summed E-state index contributed by atoms with van der Waals surface area (Å²) >= 11 is 0. The molecule has 0 radical (unpaired) electrons. The van der Waals surface area contributed by atoms with Crippen LogP contribution >= 0.6 is 0 Å². The molecule has 1 amide bonds. The number of nitrogens with one attached hydrogen (secondary N) is 1. The van der Waals surface area contributed by atoms with E-state index in [1.165, 1.54) is 15.8 Å². The predicted octanol–water partition coefficient (Wildman–Crippen LogP) is 0.218. The summed E-state index contributed by atoms with van der Waals surface area (Å²) in [6, 6.07) is 0. The van der Waals surface area contributed by atoms with Crippen LogP contribution < -0.4 is 5.32 Å². The van der Waals surface area contributed by atoms with E-state index < -0.39 is 4.92 Å². The molecule has 0 aliphatic heterocycles. The highest BCUT2D eigenvalue weighted by atomic mass is 16.6. The monoisotopic (exact) mass is 241 g/mol. The van der Waals surface area contributed by atoms with Gasteiger partial charge in [-0.3, -0.25) is 19.6 Å². The van der Waals surface area contributed by atoms with Crippen molar-refractivity contribution in [3.8, 4) is 0 Å². The molecule has 0 unspecified atom stereocenters. The van der Waals surface area contributed by atoms with Crippen LogP contribution in [0.4, 0.5) is 11.5 Å². The molecule has 0 aliphatic rings. The minimum absolute atomic E-state index is 0.0117. The number of aryl methyl sites for hydroxylation is 1. The lowest BCUT2D eigenvalue weighted by Crippen LogP contribution is -2.32. The number of nitrogens with zero attached hydrogens (tertiary/aromatic N) is 4. The zero-order valence-electron chi connectivity index (χ0n) is 10.0. The molecule has 17 heavy (non-hydrogen) atoms. The largest absolute Gasteiger partial charge is 0.354 e. The number of hydrogen-bond donors (Lipinski definition) is 1. The van der Waals surface area contributed by atoms with Gasteiger partial charge in [0.15, 0.2) is 0 Å². The topological polar surface area (TPSA) is 93.3 Å². The molecule has 1 aromatic rings. The number of carbonyl (C=O) groups is 1. The van der Waals surface area contributed by atoms with Gasteiger partial charge in [-0.15, -0.1) is 5.10 Å². The van der Waals surface area contributed by atoms with Gasteiger partial charge in [-0.05, 0) is 6.92 Å². The number of amides is 1. The van der Waals surface area contributed by atoms with Crippen LogP contribution in [0.15, 0.2) is 6.20 Å².